The maximum Gasteiger partial charge on any atom is 0.200 e. The zero-order valence-corrected chi connectivity index (χ0v) is 19.2. The van der Waals surface area contributed by atoms with Crippen LogP contribution in [0.4, 0.5) is 0 Å². The molecule has 0 bridgehead atoms. The minimum atomic E-state index is 0.145. The van der Waals surface area contributed by atoms with Crippen molar-refractivity contribution in [1.29, 1.82) is 0 Å². The van der Waals surface area contributed by atoms with E-state index in [1.54, 1.807) is 0 Å². The van der Waals surface area contributed by atoms with E-state index in [1.165, 1.54) is 89.9 Å². The molecule has 0 atom stereocenters. The number of unbranched alkanes of at least 4 members (excludes halogenated alkanes) is 14. The molecule has 0 saturated carbocycles. The third kappa shape index (κ3) is 13.5. The first kappa shape index (κ1) is 25.7. The van der Waals surface area contributed by atoms with Crippen molar-refractivity contribution < 1.29 is 14.6 Å². The molecular weight excluding hydrogens is 360 g/mol. The van der Waals surface area contributed by atoms with Crippen molar-refractivity contribution in [3.05, 3.63) is 18.2 Å². The van der Waals surface area contributed by atoms with Crippen molar-refractivity contribution in [3.8, 4) is 17.2 Å². The fraction of sp³-hybridized carbons (Fsp3) is 0.769. The largest absolute Gasteiger partial charge is 0.502 e. The number of aromatic hydroxyl groups is 1. The topological polar surface area (TPSA) is 38.7 Å². The molecule has 0 aliphatic rings. The summed E-state index contributed by atoms with van der Waals surface area (Å²) in [6.07, 6.45) is 20.5. The van der Waals surface area contributed by atoms with E-state index in [0.717, 1.165) is 12.8 Å². The van der Waals surface area contributed by atoms with Crippen molar-refractivity contribution in [2.24, 2.45) is 0 Å². The third-order valence-corrected chi connectivity index (χ3v) is 5.47. The lowest BCUT2D eigenvalue weighted by Crippen LogP contribution is -2.00. The second kappa shape index (κ2) is 18.6. The molecule has 1 aromatic carbocycles. The van der Waals surface area contributed by atoms with Gasteiger partial charge in [-0.1, -0.05) is 110 Å². The van der Waals surface area contributed by atoms with Gasteiger partial charge in [0.25, 0.3) is 0 Å². The molecule has 1 N–H and O–H groups in total. The maximum absolute atomic E-state index is 10.4. The first-order valence-electron chi connectivity index (χ1n) is 12.4. The second-order valence-corrected chi connectivity index (χ2v) is 8.25. The Bertz CT molecular complexity index is 447. The van der Waals surface area contributed by atoms with Gasteiger partial charge in [-0.2, -0.15) is 0 Å². The van der Waals surface area contributed by atoms with Gasteiger partial charge < -0.3 is 14.6 Å². The third-order valence-electron chi connectivity index (χ3n) is 5.47. The number of benzene rings is 1. The van der Waals surface area contributed by atoms with Crippen molar-refractivity contribution in [2.75, 3.05) is 13.2 Å². The molecule has 0 radical (unpaired) electrons. The molecule has 1 aromatic rings. The van der Waals surface area contributed by atoms with Gasteiger partial charge in [0.2, 0.25) is 5.75 Å². The Balaban J connectivity index is 2.11. The molecule has 0 aromatic heterocycles. The average molecular weight is 407 g/mol. The lowest BCUT2D eigenvalue weighted by Gasteiger charge is -2.12. The van der Waals surface area contributed by atoms with Crippen molar-refractivity contribution >= 4 is 0 Å². The van der Waals surface area contributed by atoms with Crippen LogP contribution in [0.1, 0.15) is 117 Å². The highest BCUT2D eigenvalue weighted by Gasteiger charge is 2.09. The van der Waals surface area contributed by atoms with Crippen molar-refractivity contribution in [2.45, 2.75) is 117 Å². The number of phenolic OH excluding ortho intramolecular Hbond substituents is 1. The number of phenols is 1. The van der Waals surface area contributed by atoms with Crippen LogP contribution < -0.4 is 9.47 Å². The molecule has 0 heterocycles. The molecule has 0 unspecified atom stereocenters. The van der Waals surface area contributed by atoms with E-state index >= 15 is 0 Å². The van der Waals surface area contributed by atoms with Crippen LogP contribution in [0.2, 0.25) is 0 Å². The quantitative estimate of drug-likeness (QED) is 0.221. The van der Waals surface area contributed by atoms with Crippen LogP contribution >= 0.6 is 0 Å². The predicted octanol–water partition coefficient (Wildman–Crippen LogP) is 8.43. The maximum atomic E-state index is 10.4. The average Bonchev–Trinajstić information content (AvgIpc) is 2.73. The standard InChI is InChI=1S/C26H46O3/c1-3-5-7-9-11-13-15-17-22-28-24-20-19-21-25(26(24)27)29-23-18-16-14-12-10-8-6-4-2/h19-21,27H,3-18,22-23H2,1-2H3. The summed E-state index contributed by atoms with van der Waals surface area (Å²) < 4.78 is 11.6. The SMILES string of the molecule is CCCCCCCCCCOc1cccc(OCCCCCCCCCC)c1O. The van der Waals surface area contributed by atoms with Gasteiger partial charge in [-0.15, -0.1) is 0 Å². The van der Waals surface area contributed by atoms with Crippen molar-refractivity contribution in [1.82, 2.24) is 0 Å². The van der Waals surface area contributed by atoms with Crippen LogP contribution in [0, 0.1) is 0 Å². The van der Waals surface area contributed by atoms with Crippen LogP contribution in [-0.4, -0.2) is 18.3 Å². The predicted molar refractivity (Wildman–Crippen MR) is 124 cm³/mol. The smallest absolute Gasteiger partial charge is 0.200 e. The lowest BCUT2D eigenvalue weighted by molar-refractivity contribution is 0.264. The Morgan fingerprint density at radius 2 is 0.897 bits per heavy atom. The summed E-state index contributed by atoms with van der Waals surface area (Å²) in [5.41, 5.74) is 0. The summed E-state index contributed by atoms with van der Waals surface area (Å²) in [6, 6.07) is 5.54. The highest BCUT2D eigenvalue weighted by molar-refractivity contribution is 5.49. The Morgan fingerprint density at radius 3 is 1.28 bits per heavy atom. The molecule has 29 heavy (non-hydrogen) atoms. The van der Waals surface area contributed by atoms with E-state index < -0.39 is 0 Å². The summed E-state index contributed by atoms with van der Waals surface area (Å²) in [5.74, 6) is 1.23. The van der Waals surface area contributed by atoms with E-state index in [-0.39, 0.29) is 5.75 Å². The Labute approximate surface area is 180 Å². The van der Waals surface area contributed by atoms with E-state index in [0.29, 0.717) is 24.7 Å². The van der Waals surface area contributed by atoms with Gasteiger partial charge in [0.15, 0.2) is 11.5 Å². The Hall–Kier alpha value is -1.38. The summed E-state index contributed by atoms with van der Waals surface area (Å²) in [6.45, 7) is 5.82. The Morgan fingerprint density at radius 1 is 0.552 bits per heavy atom. The van der Waals surface area contributed by atoms with Crippen LogP contribution in [-0.2, 0) is 0 Å². The zero-order chi connectivity index (χ0) is 21.0. The molecule has 0 spiro atoms. The van der Waals surface area contributed by atoms with Gasteiger partial charge in [0.1, 0.15) is 0 Å². The molecule has 3 nitrogen and oxygen atoms in total. The first-order valence-corrected chi connectivity index (χ1v) is 12.4. The number of hydrogen-bond donors (Lipinski definition) is 1. The van der Waals surface area contributed by atoms with Gasteiger partial charge in [-0.3, -0.25) is 0 Å². The summed E-state index contributed by atoms with van der Waals surface area (Å²) in [5, 5.41) is 10.4. The van der Waals surface area contributed by atoms with Crippen LogP contribution in [0.3, 0.4) is 0 Å². The number of rotatable bonds is 20. The van der Waals surface area contributed by atoms with Crippen molar-refractivity contribution in [3.63, 3.8) is 0 Å². The van der Waals surface area contributed by atoms with Crippen LogP contribution in [0.15, 0.2) is 18.2 Å². The molecule has 3 heteroatoms. The molecule has 0 aliphatic carbocycles. The molecule has 0 saturated heterocycles. The van der Waals surface area contributed by atoms with Gasteiger partial charge in [-0.25, -0.2) is 0 Å². The molecule has 168 valence electrons. The van der Waals surface area contributed by atoms with E-state index in [2.05, 4.69) is 13.8 Å². The first-order chi connectivity index (χ1) is 14.3. The summed E-state index contributed by atoms with van der Waals surface area (Å²) >= 11 is 0. The molecular formula is C26H46O3. The number of hydrogen-bond acceptors (Lipinski definition) is 3. The number of ether oxygens (including phenoxy) is 2. The van der Waals surface area contributed by atoms with Gasteiger partial charge in [-0.05, 0) is 25.0 Å². The second-order valence-electron chi connectivity index (χ2n) is 8.25. The number of para-hydroxylation sites is 1. The normalized spacial score (nSPS) is 11.0. The summed E-state index contributed by atoms with van der Waals surface area (Å²) in [4.78, 5) is 0. The van der Waals surface area contributed by atoms with E-state index in [9.17, 15) is 5.11 Å². The van der Waals surface area contributed by atoms with E-state index in [4.69, 9.17) is 9.47 Å². The van der Waals surface area contributed by atoms with Crippen LogP contribution in [0.25, 0.3) is 0 Å². The Kier molecular flexibility index (Phi) is 16.5. The van der Waals surface area contributed by atoms with E-state index in [1.807, 2.05) is 18.2 Å². The van der Waals surface area contributed by atoms with Gasteiger partial charge >= 0.3 is 0 Å². The van der Waals surface area contributed by atoms with Crippen LogP contribution in [0.5, 0.6) is 17.2 Å². The van der Waals surface area contributed by atoms with Gasteiger partial charge in [0.05, 0.1) is 13.2 Å². The monoisotopic (exact) mass is 406 g/mol. The fourth-order valence-electron chi connectivity index (χ4n) is 3.57. The highest BCUT2D eigenvalue weighted by atomic mass is 16.5. The highest BCUT2D eigenvalue weighted by Crippen LogP contribution is 2.36. The molecule has 0 amide bonds. The molecule has 1 rings (SSSR count). The minimum absolute atomic E-state index is 0.145. The lowest BCUT2D eigenvalue weighted by atomic mass is 10.1. The molecule has 0 fully saturated rings. The fourth-order valence-corrected chi connectivity index (χ4v) is 3.57. The minimum Gasteiger partial charge on any atom is -0.502 e. The zero-order valence-electron chi connectivity index (χ0n) is 19.2. The van der Waals surface area contributed by atoms with Gasteiger partial charge in [0, 0.05) is 0 Å². The molecule has 0 aliphatic heterocycles. The summed E-state index contributed by atoms with van der Waals surface area (Å²) in [7, 11) is 0.